The lowest BCUT2D eigenvalue weighted by molar-refractivity contribution is 0.278. The molecule has 0 radical (unpaired) electrons. The maximum absolute atomic E-state index is 3.98. The molecule has 0 unspecified atom stereocenters. The Morgan fingerprint density at radius 1 is 1.43 bits per heavy atom. The second-order valence-corrected chi connectivity index (χ2v) is 4.14. The topological polar surface area (TPSA) is 15.3 Å². The Hall–Kier alpha value is -0.340. The maximum atomic E-state index is 3.98. The molecule has 0 aromatic carbocycles. The van der Waals surface area contributed by atoms with E-state index in [1.807, 2.05) is 0 Å². The fourth-order valence-corrected chi connectivity index (χ4v) is 1.65. The zero-order valence-electron chi connectivity index (χ0n) is 9.68. The van der Waals surface area contributed by atoms with Crippen LogP contribution in [0.15, 0.2) is 12.2 Å². The summed E-state index contributed by atoms with van der Waals surface area (Å²) < 4.78 is 0. The van der Waals surface area contributed by atoms with Crippen molar-refractivity contribution in [3.63, 3.8) is 0 Å². The van der Waals surface area contributed by atoms with E-state index in [1.54, 1.807) is 0 Å². The number of hydrogen-bond donors (Lipinski definition) is 1. The van der Waals surface area contributed by atoms with Crippen molar-refractivity contribution in [2.75, 3.05) is 26.2 Å². The predicted octanol–water partition coefficient (Wildman–Crippen LogP) is 2.03. The smallest absolute Gasteiger partial charge is 0.0162 e. The summed E-state index contributed by atoms with van der Waals surface area (Å²) >= 11 is 0. The van der Waals surface area contributed by atoms with Gasteiger partial charge in [0.15, 0.2) is 0 Å². The van der Waals surface area contributed by atoms with E-state index in [0.717, 1.165) is 25.6 Å². The van der Waals surface area contributed by atoms with Crippen LogP contribution < -0.4 is 5.32 Å². The summed E-state index contributed by atoms with van der Waals surface area (Å²) in [4.78, 5) is 2.57. The summed E-state index contributed by atoms with van der Waals surface area (Å²) in [6.07, 6.45) is 3.91. The SMILES string of the molecule is C=C(CC)CNCCN(CC)C1CC1. The quantitative estimate of drug-likeness (QED) is 0.472. The van der Waals surface area contributed by atoms with Crippen molar-refractivity contribution in [2.24, 2.45) is 0 Å². The van der Waals surface area contributed by atoms with Crippen LogP contribution in [0.1, 0.15) is 33.1 Å². The van der Waals surface area contributed by atoms with Gasteiger partial charge < -0.3 is 5.32 Å². The number of nitrogens with zero attached hydrogens (tertiary/aromatic N) is 1. The minimum atomic E-state index is 0.899. The van der Waals surface area contributed by atoms with Crippen molar-refractivity contribution < 1.29 is 0 Å². The zero-order chi connectivity index (χ0) is 10.4. The van der Waals surface area contributed by atoms with Gasteiger partial charge in [-0.1, -0.05) is 26.0 Å². The fourth-order valence-electron chi connectivity index (χ4n) is 1.65. The van der Waals surface area contributed by atoms with E-state index in [1.165, 1.54) is 31.5 Å². The van der Waals surface area contributed by atoms with Gasteiger partial charge in [0.05, 0.1) is 0 Å². The normalized spacial score (nSPS) is 16.2. The Morgan fingerprint density at radius 2 is 2.14 bits per heavy atom. The van der Waals surface area contributed by atoms with E-state index < -0.39 is 0 Å². The second-order valence-electron chi connectivity index (χ2n) is 4.14. The molecule has 1 saturated carbocycles. The molecule has 1 aliphatic rings. The highest BCUT2D eigenvalue weighted by atomic mass is 15.2. The predicted molar refractivity (Wildman–Crippen MR) is 62.6 cm³/mol. The number of rotatable bonds is 8. The van der Waals surface area contributed by atoms with Crippen molar-refractivity contribution in [3.8, 4) is 0 Å². The summed E-state index contributed by atoms with van der Waals surface area (Å²) in [6.45, 7) is 12.9. The van der Waals surface area contributed by atoms with Gasteiger partial charge in [-0.05, 0) is 25.8 Å². The third-order valence-corrected chi connectivity index (χ3v) is 2.92. The van der Waals surface area contributed by atoms with Crippen LogP contribution in [-0.4, -0.2) is 37.1 Å². The molecule has 0 aromatic rings. The van der Waals surface area contributed by atoms with E-state index in [2.05, 4.69) is 30.6 Å². The summed E-state index contributed by atoms with van der Waals surface area (Å²) in [5.74, 6) is 0. The summed E-state index contributed by atoms with van der Waals surface area (Å²) in [6, 6.07) is 0.899. The molecule has 0 aromatic heterocycles. The van der Waals surface area contributed by atoms with Crippen LogP contribution in [0.25, 0.3) is 0 Å². The zero-order valence-corrected chi connectivity index (χ0v) is 9.68. The third kappa shape index (κ3) is 4.25. The van der Waals surface area contributed by atoms with Gasteiger partial charge in [0.2, 0.25) is 0 Å². The second kappa shape index (κ2) is 6.20. The molecule has 2 heteroatoms. The number of hydrogen-bond acceptors (Lipinski definition) is 2. The Kier molecular flexibility index (Phi) is 5.20. The molecule has 1 rings (SSSR count). The minimum absolute atomic E-state index is 0.899. The van der Waals surface area contributed by atoms with Crippen LogP contribution in [0.2, 0.25) is 0 Å². The van der Waals surface area contributed by atoms with E-state index in [-0.39, 0.29) is 0 Å². The molecule has 0 bridgehead atoms. The summed E-state index contributed by atoms with van der Waals surface area (Å²) in [5.41, 5.74) is 1.31. The van der Waals surface area contributed by atoms with Crippen molar-refractivity contribution >= 4 is 0 Å². The van der Waals surface area contributed by atoms with Gasteiger partial charge in [0.1, 0.15) is 0 Å². The van der Waals surface area contributed by atoms with Gasteiger partial charge in [-0.3, -0.25) is 4.90 Å². The first kappa shape index (κ1) is 11.7. The monoisotopic (exact) mass is 196 g/mol. The molecule has 82 valence electrons. The minimum Gasteiger partial charge on any atom is -0.312 e. The molecule has 0 aliphatic heterocycles. The van der Waals surface area contributed by atoms with E-state index in [0.29, 0.717) is 0 Å². The molecule has 0 amide bonds. The molecule has 1 N–H and O–H groups in total. The molecule has 0 heterocycles. The lowest BCUT2D eigenvalue weighted by Crippen LogP contribution is -2.34. The van der Waals surface area contributed by atoms with Crippen molar-refractivity contribution in [3.05, 3.63) is 12.2 Å². The first-order valence-corrected chi connectivity index (χ1v) is 5.89. The Balaban J connectivity index is 1.99. The first-order chi connectivity index (χ1) is 6.77. The van der Waals surface area contributed by atoms with Crippen LogP contribution in [0.4, 0.5) is 0 Å². The Labute approximate surface area is 88.4 Å². The Morgan fingerprint density at radius 3 is 2.64 bits per heavy atom. The van der Waals surface area contributed by atoms with Crippen molar-refractivity contribution in [1.29, 1.82) is 0 Å². The highest BCUT2D eigenvalue weighted by molar-refractivity contribution is 4.95. The number of likely N-dealkylation sites (N-methyl/N-ethyl adjacent to an activating group) is 1. The fraction of sp³-hybridized carbons (Fsp3) is 0.833. The highest BCUT2D eigenvalue weighted by Crippen LogP contribution is 2.25. The lowest BCUT2D eigenvalue weighted by atomic mass is 10.2. The molecule has 0 saturated heterocycles. The molecular weight excluding hydrogens is 172 g/mol. The van der Waals surface area contributed by atoms with E-state index >= 15 is 0 Å². The standard InChI is InChI=1S/C12H24N2/c1-4-11(3)10-13-8-9-14(5-2)12-6-7-12/h12-13H,3-10H2,1-2H3. The lowest BCUT2D eigenvalue weighted by Gasteiger charge is -2.19. The van der Waals surface area contributed by atoms with Crippen LogP contribution >= 0.6 is 0 Å². The molecule has 1 aliphatic carbocycles. The summed E-state index contributed by atoms with van der Waals surface area (Å²) in [7, 11) is 0. The van der Waals surface area contributed by atoms with Crippen LogP contribution in [0, 0.1) is 0 Å². The molecular formula is C12H24N2. The molecule has 1 fully saturated rings. The van der Waals surface area contributed by atoms with Crippen molar-refractivity contribution in [2.45, 2.75) is 39.2 Å². The summed E-state index contributed by atoms with van der Waals surface area (Å²) in [5, 5.41) is 3.44. The van der Waals surface area contributed by atoms with Crippen LogP contribution in [0.5, 0.6) is 0 Å². The van der Waals surface area contributed by atoms with Gasteiger partial charge >= 0.3 is 0 Å². The van der Waals surface area contributed by atoms with Gasteiger partial charge in [-0.25, -0.2) is 0 Å². The molecule has 0 spiro atoms. The van der Waals surface area contributed by atoms with Crippen LogP contribution in [-0.2, 0) is 0 Å². The van der Waals surface area contributed by atoms with Gasteiger partial charge in [-0.2, -0.15) is 0 Å². The van der Waals surface area contributed by atoms with Gasteiger partial charge in [0, 0.05) is 25.7 Å². The van der Waals surface area contributed by atoms with Crippen LogP contribution in [0.3, 0.4) is 0 Å². The highest BCUT2D eigenvalue weighted by Gasteiger charge is 2.26. The molecule has 14 heavy (non-hydrogen) atoms. The van der Waals surface area contributed by atoms with Gasteiger partial charge in [-0.15, -0.1) is 0 Å². The Bertz CT molecular complexity index is 173. The number of nitrogens with one attached hydrogen (secondary N) is 1. The molecule has 2 nitrogen and oxygen atoms in total. The third-order valence-electron chi connectivity index (χ3n) is 2.92. The molecule has 0 atom stereocenters. The maximum Gasteiger partial charge on any atom is 0.0162 e. The van der Waals surface area contributed by atoms with Gasteiger partial charge in [0.25, 0.3) is 0 Å². The first-order valence-electron chi connectivity index (χ1n) is 5.89. The van der Waals surface area contributed by atoms with E-state index in [4.69, 9.17) is 0 Å². The average Bonchev–Trinajstić information content (AvgIpc) is 3.01. The average molecular weight is 196 g/mol. The van der Waals surface area contributed by atoms with Crippen molar-refractivity contribution in [1.82, 2.24) is 10.2 Å². The largest absolute Gasteiger partial charge is 0.312 e. The van der Waals surface area contributed by atoms with E-state index in [9.17, 15) is 0 Å².